The van der Waals surface area contributed by atoms with Gasteiger partial charge in [-0.2, -0.15) is 0 Å². The molecule has 1 aliphatic carbocycles. The van der Waals surface area contributed by atoms with Crippen LogP contribution in [0.4, 0.5) is 13.2 Å². The van der Waals surface area contributed by atoms with E-state index in [1.54, 1.807) is 12.1 Å². The molecule has 0 atom stereocenters. The Kier molecular flexibility index (Phi) is 5.68. The highest BCUT2D eigenvalue weighted by Gasteiger charge is 2.39. The molecular formula is C26H26F3NO2S. The molecule has 3 aromatic rings. The molecule has 0 saturated heterocycles. The minimum absolute atomic E-state index is 0.0244. The molecule has 174 valence electrons. The van der Waals surface area contributed by atoms with Crippen LogP contribution in [0.5, 0.6) is 5.75 Å². The van der Waals surface area contributed by atoms with E-state index in [1.807, 2.05) is 13.0 Å². The zero-order valence-electron chi connectivity index (χ0n) is 19.3. The molecule has 0 N–H and O–H groups in total. The van der Waals surface area contributed by atoms with Gasteiger partial charge in [0.15, 0.2) is 0 Å². The zero-order valence-corrected chi connectivity index (χ0v) is 20.1. The minimum Gasteiger partial charge on any atom is -0.404 e. The largest absolute Gasteiger partial charge is 0.573 e. The third-order valence-corrected chi connectivity index (χ3v) is 7.39. The Morgan fingerprint density at radius 2 is 1.67 bits per heavy atom. The number of ketones is 1. The first-order valence-electron chi connectivity index (χ1n) is 10.8. The van der Waals surface area contributed by atoms with Gasteiger partial charge in [-0.3, -0.25) is 9.78 Å². The number of aromatic nitrogens is 1. The summed E-state index contributed by atoms with van der Waals surface area (Å²) in [4.78, 5) is 17.2. The maximum absolute atomic E-state index is 13.5. The van der Waals surface area contributed by atoms with Crippen LogP contribution < -0.4 is 4.74 Å². The number of rotatable bonds is 4. The zero-order chi connectivity index (χ0) is 24.2. The number of hydrogen-bond donors (Lipinski definition) is 0. The van der Waals surface area contributed by atoms with Crippen molar-refractivity contribution in [1.29, 1.82) is 0 Å². The minimum atomic E-state index is -4.94. The summed E-state index contributed by atoms with van der Waals surface area (Å²) in [7, 11) is 0. The number of halogens is 3. The number of alkyl halides is 3. The van der Waals surface area contributed by atoms with Crippen LogP contribution in [0.1, 0.15) is 72.5 Å². The molecule has 0 fully saturated rings. The Hall–Kier alpha value is -2.67. The normalized spacial score (nSPS) is 16.8. The van der Waals surface area contributed by atoms with Gasteiger partial charge in [-0.15, -0.1) is 24.5 Å². The Morgan fingerprint density at radius 1 is 1.03 bits per heavy atom. The van der Waals surface area contributed by atoms with Crippen LogP contribution in [0.2, 0.25) is 0 Å². The molecule has 1 heterocycles. The van der Waals surface area contributed by atoms with Gasteiger partial charge in [-0.25, -0.2) is 0 Å². The van der Waals surface area contributed by atoms with Crippen molar-refractivity contribution in [2.45, 2.75) is 64.7 Å². The SMILES string of the molecule is Cc1cc2c(cc1-c1cccc(C(=O)c3cncs3)c1OC(F)(F)F)C(C)(C)CCC2(C)C. The summed E-state index contributed by atoms with van der Waals surface area (Å²) in [5, 5.41) is 0. The van der Waals surface area contributed by atoms with Gasteiger partial charge in [-0.1, -0.05) is 45.9 Å². The van der Waals surface area contributed by atoms with Crippen LogP contribution in [0.3, 0.4) is 0 Å². The van der Waals surface area contributed by atoms with Crippen molar-refractivity contribution in [2.24, 2.45) is 0 Å². The summed E-state index contributed by atoms with van der Waals surface area (Å²) in [5.74, 6) is -1.02. The van der Waals surface area contributed by atoms with Crippen molar-refractivity contribution >= 4 is 17.1 Å². The number of fused-ring (bicyclic) bond motifs is 1. The Labute approximate surface area is 195 Å². The van der Waals surface area contributed by atoms with Crippen LogP contribution in [0.15, 0.2) is 42.0 Å². The topological polar surface area (TPSA) is 39.2 Å². The number of para-hydroxylation sites is 1. The van der Waals surface area contributed by atoms with E-state index in [-0.39, 0.29) is 26.8 Å². The molecule has 4 rings (SSSR count). The lowest BCUT2D eigenvalue weighted by atomic mass is 9.62. The molecular weight excluding hydrogens is 447 g/mol. The number of ether oxygens (including phenoxy) is 1. The smallest absolute Gasteiger partial charge is 0.404 e. The van der Waals surface area contributed by atoms with E-state index in [0.717, 1.165) is 35.3 Å². The highest BCUT2D eigenvalue weighted by Crippen LogP contribution is 2.49. The number of carbonyl (C=O) groups is 1. The van der Waals surface area contributed by atoms with Crippen LogP contribution in [-0.2, 0) is 10.8 Å². The number of thiazole rings is 1. The van der Waals surface area contributed by atoms with E-state index in [9.17, 15) is 18.0 Å². The van der Waals surface area contributed by atoms with Crippen molar-refractivity contribution in [3.63, 3.8) is 0 Å². The summed E-state index contributed by atoms with van der Waals surface area (Å²) in [6.07, 6.45) is -1.58. The molecule has 7 heteroatoms. The number of hydrogen-bond acceptors (Lipinski definition) is 4. The molecule has 0 unspecified atom stereocenters. The van der Waals surface area contributed by atoms with Crippen molar-refractivity contribution in [3.8, 4) is 16.9 Å². The van der Waals surface area contributed by atoms with Gasteiger partial charge in [0.05, 0.1) is 16.0 Å². The highest BCUT2D eigenvalue weighted by atomic mass is 32.1. The van der Waals surface area contributed by atoms with Crippen molar-refractivity contribution in [1.82, 2.24) is 4.98 Å². The molecule has 0 radical (unpaired) electrons. The van der Waals surface area contributed by atoms with Gasteiger partial charge < -0.3 is 4.74 Å². The van der Waals surface area contributed by atoms with Gasteiger partial charge in [0.1, 0.15) is 5.75 Å². The van der Waals surface area contributed by atoms with Gasteiger partial charge in [0.25, 0.3) is 0 Å². The first-order chi connectivity index (χ1) is 15.3. The number of aryl methyl sites for hydroxylation is 1. The summed E-state index contributed by atoms with van der Waals surface area (Å²) < 4.78 is 44.9. The second-order valence-electron chi connectivity index (χ2n) is 9.91. The Bertz CT molecular complexity index is 1210. The average molecular weight is 474 g/mol. The molecule has 0 amide bonds. The predicted molar refractivity (Wildman–Crippen MR) is 124 cm³/mol. The molecule has 1 aliphatic rings. The standard InChI is InChI=1S/C26H26F3NO2S/c1-15-11-19-20(25(4,5)10-9-24(19,2)3)12-18(15)16-7-6-8-17(23(16)32-26(27,28)29)22(31)21-13-30-14-33-21/h6-8,11-14H,9-10H2,1-5H3. The third kappa shape index (κ3) is 4.43. The van der Waals surface area contributed by atoms with E-state index in [0.29, 0.717) is 5.56 Å². The fourth-order valence-corrected chi connectivity index (χ4v) is 5.20. The van der Waals surface area contributed by atoms with Gasteiger partial charge >= 0.3 is 6.36 Å². The summed E-state index contributed by atoms with van der Waals surface area (Å²) in [6.45, 7) is 10.6. The molecule has 0 spiro atoms. The van der Waals surface area contributed by atoms with E-state index in [2.05, 4.69) is 43.5 Å². The lowest BCUT2D eigenvalue weighted by molar-refractivity contribution is -0.274. The quantitative estimate of drug-likeness (QED) is 0.366. The van der Waals surface area contributed by atoms with Gasteiger partial charge in [0.2, 0.25) is 5.78 Å². The maximum atomic E-state index is 13.5. The highest BCUT2D eigenvalue weighted by molar-refractivity contribution is 7.11. The van der Waals surface area contributed by atoms with E-state index >= 15 is 0 Å². The van der Waals surface area contributed by atoms with Gasteiger partial charge in [-0.05, 0) is 65.0 Å². The summed E-state index contributed by atoms with van der Waals surface area (Å²) in [5.41, 5.74) is 5.27. The molecule has 33 heavy (non-hydrogen) atoms. The number of carbonyl (C=O) groups excluding carboxylic acids is 1. The predicted octanol–water partition coefficient (Wildman–Crippen LogP) is 7.60. The van der Waals surface area contributed by atoms with Crippen LogP contribution >= 0.6 is 11.3 Å². The first kappa shape index (κ1) is 23.5. The fourth-order valence-electron chi connectivity index (χ4n) is 4.63. The van der Waals surface area contributed by atoms with E-state index in [4.69, 9.17) is 0 Å². The maximum Gasteiger partial charge on any atom is 0.573 e. The molecule has 0 aliphatic heterocycles. The van der Waals surface area contributed by atoms with E-state index in [1.165, 1.54) is 23.3 Å². The molecule has 2 aromatic carbocycles. The van der Waals surface area contributed by atoms with Crippen LogP contribution in [-0.4, -0.2) is 17.1 Å². The average Bonchev–Trinajstić information content (AvgIpc) is 3.25. The van der Waals surface area contributed by atoms with Crippen LogP contribution in [0.25, 0.3) is 11.1 Å². The molecule has 0 saturated carbocycles. The molecule has 1 aromatic heterocycles. The van der Waals surface area contributed by atoms with Crippen molar-refractivity contribution in [3.05, 3.63) is 69.2 Å². The number of nitrogens with zero attached hydrogens (tertiary/aromatic N) is 1. The summed E-state index contributed by atoms with van der Waals surface area (Å²) in [6, 6.07) is 8.63. The molecule has 3 nitrogen and oxygen atoms in total. The van der Waals surface area contributed by atoms with Crippen LogP contribution in [0, 0.1) is 6.92 Å². The van der Waals surface area contributed by atoms with E-state index < -0.39 is 17.9 Å². The van der Waals surface area contributed by atoms with Gasteiger partial charge in [0, 0.05) is 11.8 Å². The summed E-state index contributed by atoms with van der Waals surface area (Å²) >= 11 is 1.08. The van der Waals surface area contributed by atoms with Crippen molar-refractivity contribution in [2.75, 3.05) is 0 Å². The lowest BCUT2D eigenvalue weighted by Gasteiger charge is -2.42. The lowest BCUT2D eigenvalue weighted by Crippen LogP contribution is -2.34. The third-order valence-electron chi connectivity index (χ3n) is 6.62. The Balaban J connectivity index is 1.96. The molecule has 0 bridgehead atoms. The van der Waals surface area contributed by atoms with Crippen molar-refractivity contribution < 1.29 is 22.7 Å². The second kappa shape index (κ2) is 7.97. The fraction of sp³-hybridized carbons (Fsp3) is 0.385. The first-order valence-corrected chi connectivity index (χ1v) is 11.7. The Morgan fingerprint density at radius 3 is 2.24 bits per heavy atom. The second-order valence-corrected chi connectivity index (χ2v) is 10.8. The monoisotopic (exact) mass is 473 g/mol. The number of benzene rings is 2.